The van der Waals surface area contributed by atoms with Crippen LogP contribution in [0.4, 0.5) is 0 Å². The molecule has 1 aromatic carbocycles. The molecule has 2 heterocycles. The molecule has 1 N–H and O–H groups in total. The van der Waals surface area contributed by atoms with Crippen molar-refractivity contribution in [3.8, 4) is 6.07 Å². The molecule has 114 valence electrons. The molecule has 1 saturated heterocycles. The van der Waals surface area contributed by atoms with Crippen LogP contribution in [-0.2, 0) is 11.3 Å². The number of nitrogens with zero attached hydrogens (tertiary/aromatic N) is 2. The molecule has 22 heavy (non-hydrogen) atoms. The molecule has 0 atom stereocenters. The van der Waals surface area contributed by atoms with Crippen molar-refractivity contribution < 1.29 is 14.6 Å². The SMILES string of the molecule is N#Cc1c(C(=O)O)c2cc(Cl)ccc2n1CC1CCOCC1. The molecule has 1 fully saturated rings. The van der Waals surface area contributed by atoms with Crippen molar-refractivity contribution in [2.24, 2.45) is 5.92 Å². The second-order valence-corrected chi connectivity index (χ2v) is 5.90. The third-order valence-electron chi connectivity index (χ3n) is 4.13. The van der Waals surface area contributed by atoms with Crippen LogP contribution in [0, 0.1) is 17.2 Å². The number of carboxylic acid groups (broad SMARTS) is 1. The summed E-state index contributed by atoms with van der Waals surface area (Å²) in [5.41, 5.74) is 0.966. The van der Waals surface area contributed by atoms with Gasteiger partial charge in [0.1, 0.15) is 17.3 Å². The summed E-state index contributed by atoms with van der Waals surface area (Å²) in [4.78, 5) is 11.6. The predicted octanol–water partition coefficient (Wildman–Crippen LogP) is 3.29. The Hall–Kier alpha value is -2.03. The molecule has 5 nitrogen and oxygen atoms in total. The monoisotopic (exact) mass is 318 g/mol. The van der Waals surface area contributed by atoms with Gasteiger partial charge in [-0.05, 0) is 37.0 Å². The first-order valence-electron chi connectivity index (χ1n) is 7.14. The number of rotatable bonds is 3. The highest BCUT2D eigenvalue weighted by Crippen LogP contribution is 2.30. The molecular weight excluding hydrogens is 304 g/mol. The van der Waals surface area contributed by atoms with Crippen LogP contribution in [0.25, 0.3) is 10.9 Å². The second-order valence-electron chi connectivity index (χ2n) is 5.47. The zero-order valence-electron chi connectivity index (χ0n) is 11.9. The third-order valence-corrected chi connectivity index (χ3v) is 4.36. The molecule has 0 radical (unpaired) electrons. The standard InChI is InChI=1S/C16H15ClN2O3/c17-11-1-2-13-12(7-11)15(16(20)21)14(8-18)19(13)9-10-3-5-22-6-4-10/h1-2,7,10H,3-6,9H2,(H,20,21). The van der Waals surface area contributed by atoms with Gasteiger partial charge < -0.3 is 14.4 Å². The van der Waals surface area contributed by atoms with Gasteiger partial charge in [0.15, 0.2) is 0 Å². The summed E-state index contributed by atoms with van der Waals surface area (Å²) in [6.45, 7) is 2.05. The van der Waals surface area contributed by atoms with Crippen molar-refractivity contribution in [3.63, 3.8) is 0 Å². The second kappa shape index (κ2) is 5.99. The van der Waals surface area contributed by atoms with Crippen LogP contribution in [-0.4, -0.2) is 28.9 Å². The number of hydrogen-bond donors (Lipinski definition) is 1. The van der Waals surface area contributed by atoms with Crippen LogP contribution in [0.1, 0.15) is 28.9 Å². The van der Waals surface area contributed by atoms with Gasteiger partial charge in [-0.15, -0.1) is 0 Å². The minimum Gasteiger partial charge on any atom is -0.478 e. The number of aromatic carboxylic acids is 1. The number of benzene rings is 1. The summed E-state index contributed by atoms with van der Waals surface area (Å²) < 4.78 is 7.17. The largest absolute Gasteiger partial charge is 0.478 e. The Morgan fingerprint density at radius 2 is 2.18 bits per heavy atom. The Kier molecular flexibility index (Phi) is 4.06. The first-order valence-corrected chi connectivity index (χ1v) is 7.52. The Morgan fingerprint density at radius 3 is 2.82 bits per heavy atom. The molecule has 6 heteroatoms. The van der Waals surface area contributed by atoms with Crippen molar-refractivity contribution >= 4 is 28.5 Å². The molecule has 1 aromatic heterocycles. The number of carboxylic acids is 1. The third kappa shape index (κ3) is 2.56. The van der Waals surface area contributed by atoms with Crippen molar-refractivity contribution in [3.05, 3.63) is 34.5 Å². The molecule has 0 spiro atoms. The van der Waals surface area contributed by atoms with E-state index >= 15 is 0 Å². The lowest BCUT2D eigenvalue weighted by Crippen LogP contribution is -2.21. The number of hydrogen-bond acceptors (Lipinski definition) is 3. The first-order chi connectivity index (χ1) is 10.6. The molecule has 0 aliphatic carbocycles. The molecular formula is C16H15ClN2O3. The van der Waals surface area contributed by atoms with E-state index in [4.69, 9.17) is 16.3 Å². The maximum Gasteiger partial charge on any atom is 0.339 e. The van der Waals surface area contributed by atoms with E-state index in [2.05, 4.69) is 6.07 Å². The van der Waals surface area contributed by atoms with Crippen LogP contribution >= 0.6 is 11.6 Å². The van der Waals surface area contributed by atoms with Crippen molar-refractivity contribution in [1.82, 2.24) is 4.57 Å². The van der Waals surface area contributed by atoms with Crippen LogP contribution in [0.5, 0.6) is 0 Å². The van der Waals surface area contributed by atoms with E-state index in [-0.39, 0.29) is 11.3 Å². The summed E-state index contributed by atoms with van der Waals surface area (Å²) in [5, 5.41) is 19.9. The van der Waals surface area contributed by atoms with E-state index in [9.17, 15) is 15.2 Å². The van der Waals surface area contributed by atoms with Crippen LogP contribution in [0.2, 0.25) is 5.02 Å². The van der Waals surface area contributed by atoms with Crippen LogP contribution in [0.3, 0.4) is 0 Å². The molecule has 1 aliphatic heterocycles. The number of carbonyl (C=O) groups is 1. The van der Waals surface area contributed by atoms with Gasteiger partial charge in [-0.3, -0.25) is 0 Å². The highest BCUT2D eigenvalue weighted by molar-refractivity contribution is 6.31. The van der Waals surface area contributed by atoms with Gasteiger partial charge in [-0.2, -0.15) is 5.26 Å². The van der Waals surface area contributed by atoms with Crippen LogP contribution in [0.15, 0.2) is 18.2 Å². The van der Waals surface area contributed by atoms with Gasteiger partial charge in [0, 0.05) is 30.2 Å². The number of nitriles is 1. The topological polar surface area (TPSA) is 75.3 Å². The van der Waals surface area contributed by atoms with E-state index in [1.807, 2.05) is 4.57 Å². The smallest absolute Gasteiger partial charge is 0.339 e. The van der Waals surface area contributed by atoms with Gasteiger partial charge in [0.05, 0.1) is 5.52 Å². The van der Waals surface area contributed by atoms with Gasteiger partial charge in [-0.1, -0.05) is 11.6 Å². The minimum absolute atomic E-state index is 0.0343. The molecule has 3 rings (SSSR count). The Balaban J connectivity index is 2.15. The minimum atomic E-state index is -1.10. The summed E-state index contributed by atoms with van der Waals surface area (Å²) in [6, 6.07) is 7.17. The number of aromatic nitrogens is 1. The van der Waals surface area contributed by atoms with Gasteiger partial charge in [0.2, 0.25) is 0 Å². The lowest BCUT2D eigenvalue weighted by molar-refractivity contribution is 0.0613. The average Bonchev–Trinajstić information content (AvgIpc) is 2.81. The van der Waals surface area contributed by atoms with E-state index < -0.39 is 5.97 Å². The van der Waals surface area contributed by atoms with E-state index in [1.54, 1.807) is 18.2 Å². The molecule has 1 aliphatic rings. The first kappa shape index (κ1) is 14.9. The quantitative estimate of drug-likeness (QED) is 0.942. The van der Waals surface area contributed by atoms with E-state index in [0.29, 0.717) is 36.1 Å². The van der Waals surface area contributed by atoms with Gasteiger partial charge in [-0.25, -0.2) is 4.79 Å². The summed E-state index contributed by atoms with van der Waals surface area (Å²) in [7, 11) is 0. The Morgan fingerprint density at radius 1 is 1.45 bits per heavy atom. The van der Waals surface area contributed by atoms with E-state index in [1.165, 1.54) is 0 Å². The maximum atomic E-state index is 11.6. The highest BCUT2D eigenvalue weighted by atomic mass is 35.5. The zero-order valence-corrected chi connectivity index (χ0v) is 12.6. The summed E-state index contributed by atoms with van der Waals surface area (Å²) in [6.07, 6.45) is 1.83. The highest BCUT2D eigenvalue weighted by Gasteiger charge is 2.24. The van der Waals surface area contributed by atoms with Crippen molar-refractivity contribution in [2.75, 3.05) is 13.2 Å². The summed E-state index contributed by atoms with van der Waals surface area (Å²) >= 11 is 5.99. The number of halogens is 1. The normalized spacial score (nSPS) is 15.8. The fraction of sp³-hybridized carbons (Fsp3) is 0.375. The van der Waals surface area contributed by atoms with Crippen LogP contribution < -0.4 is 0 Å². The number of fused-ring (bicyclic) bond motifs is 1. The lowest BCUT2D eigenvalue weighted by Gasteiger charge is -2.23. The molecule has 0 bridgehead atoms. The number of ether oxygens (including phenoxy) is 1. The fourth-order valence-corrected chi connectivity index (χ4v) is 3.21. The Bertz CT molecular complexity index is 770. The predicted molar refractivity (Wildman–Crippen MR) is 82.2 cm³/mol. The fourth-order valence-electron chi connectivity index (χ4n) is 3.04. The van der Waals surface area contributed by atoms with Crippen molar-refractivity contribution in [2.45, 2.75) is 19.4 Å². The van der Waals surface area contributed by atoms with Gasteiger partial charge in [0.25, 0.3) is 0 Å². The lowest BCUT2D eigenvalue weighted by atomic mass is 10.0. The van der Waals surface area contributed by atoms with Crippen molar-refractivity contribution in [1.29, 1.82) is 5.26 Å². The molecule has 0 saturated carbocycles. The molecule has 2 aromatic rings. The molecule has 0 unspecified atom stereocenters. The molecule has 0 amide bonds. The average molecular weight is 319 g/mol. The maximum absolute atomic E-state index is 11.6. The summed E-state index contributed by atoms with van der Waals surface area (Å²) in [5.74, 6) is -0.719. The van der Waals surface area contributed by atoms with E-state index in [0.717, 1.165) is 18.4 Å². The van der Waals surface area contributed by atoms with Gasteiger partial charge >= 0.3 is 5.97 Å². The Labute approximate surface area is 132 Å². The zero-order chi connectivity index (χ0) is 15.7.